The summed E-state index contributed by atoms with van der Waals surface area (Å²) in [6, 6.07) is 8.44. The molecule has 0 saturated heterocycles. The SMILES string of the molecule is CNC1CCCCc2c1cnn2Cc1ccccc1Cl. The molecule has 3 rings (SSSR count). The Hall–Kier alpha value is -1.32. The van der Waals surface area contributed by atoms with Gasteiger partial charge in [0.1, 0.15) is 0 Å². The maximum Gasteiger partial charge on any atom is 0.0677 e. The van der Waals surface area contributed by atoms with Gasteiger partial charge in [-0.25, -0.2) is 0 Å². The Morgan fingerprint density at radius 2 is 2.20 bits per heavy atom. The van der Waals surface area contributed by atoms with E-state index in [9.17, 15) is 0 Å². The average molecular weight is 290 g/mol. The first-order valence-corrected chi connectivity index (χ1v) is 7.62. The lowest BCUT2D eigenvalue weighted by molar-refractivity contribution is 0.532. The lowest BCUT2D eigenvalue weighted by Gasteiger charge is -2.14. The van der Waals surface area contributed by atoms with E-state index in [1.54, 1.807) is 0 Å². The van der Waals surface area contributed by atoms with E-state index in [0.29, 0.717) is 6.04 Å². The van der Waals surface area contributed by atoms with Crippen LogP contribution in [0.15, 0.2) is 30.5 Å². The number of aromatic nitrogens is 2. The van der Waals surface area contributed by atoms with Crippen molar-refractivity contribution in [1.82, 2.24) is 15.1 Å². The third kappa shape index (κ3) is 2.60. The molecule has 3 nitrogen and oxygen atoms in total. The molecular formula is C16H20ClN3. The maximum absolute atomic E-state index is 6.26. The third-order valence-electron chi connectivity index (χ3n) is 4.14. The zero-order chi connectivity index (χ0) is 13.9. The van der Waals surface area contributed by atoms with E-state index < -0.39 is 0 Å². The van der Waals surface area contributed by atoms with E-state index in [2.05, 4.69) is 21.2 Å². The number of nitrogens with zero attached hydrogens (tertiary/aromatic N) is 2. The molecule has 1 aromatic carbocycles. The Balaban J connectivity index is 1.92. The molecule has 1 N–H and O–H groups in total. The molecule has 106 valence electrons. The molecule has 4 heteroatoms. The van der Waals surface area contributed by atoms with E-state index in [1.807, 2.05) is 31.4 Å². The first-order chi connectivity index (χ1) is 9.79. The Kier molecular flexibility index (Phi) is 4.08. The Morgan fingerprint density at radius 3 is 3.00 bits per heavy atom. The first-order valence-electron chi connectivity index (χ1n) is 7.25. The lowest BCUT2D eigenvalue weighted by atomic mass is 10.1. The van der Waals surface area contributed by atoms with Gasteiger partial charge in [-0.2, -0.15) is 5.10 Å². The van der Waals surface area contributed by atoms with Crippen molar-refractivity contribution >= 4 is 11.6 Å². The van der Waals surface area contributed by atoms with Crippen LogP contribution in [0.3, 0.4) is 0 Å². The van der Waals surface area contributed by atoms with Gasteiger partial charge in [-0.3, -0.25) is 4.68 Å². The van der Waals surface area contributed by atoms with Crippen LogP contribution in [-0.4, -0.2) is 16.8 Å². The van der Waals surface area contributed by atoms with E-state index in [4.69, 9.17) is 11.6 Å². The van der Waals surface area contributed by atoms with Gasteiger partial charge in [-0.15, -0.1) is 0 Å². The predicted molar refractivity (Wildman–Crippen MR) is 82.1 cm³/mol. The van der Waals surface area contributed by atoms with Crippen molar-refractivity contribution in [3.63, 3.8) is 0 Å². The quantitative estimate of drug-likeness (QED) is 0.876. The lowest BCUT2D eigenvalue weighted by Crippen LogP contribution is -2.16. The van der Waals surface area contributed by atoms with Gasteiger partial charge in [0.15, 0.2) is 0 Å². The second kappa shape index (κ2) is 5.98. The van der Waals surface area contributed by atoms with Crippen LogP contribution >= 0.6 is 11.6 Å². The smallest absolute Gasteiger partial charge is 0.0677 e. The fourth-order valence-electron chi connectivity index (χ4n) is 3.01. The zero-order valence-corrected chi connectivity index (χ0v) is 12.5. The molecule has 0 amide bonds. The summed E-state index contributed by atoms with van der Waals surface area (Å²) in [5.41, 5.74) is 3.85. The number of nitrogens with one attached hydrogen (secondary N) is 1. The van der Waals surface area contributed by atoms with Crippen molar-refractivity contribution in [3.05, 3.63) is 52.3 Å². The summed E-state index contributed by atoms with van der Waals surface area (Å²) in [5, 5.41) is 8.82. The second-order valence-corrected chi connectivity index (χ2v) is 5.79. The molecule has 0 radical (unpaired) electrons. The Labute approximate surface area is 124 Å². The minimum Gasteiger partial charge on any atom is -0.313 e. The van der Waals surface area contributed by atoms with Crippen LogP contribution in [0, 0.1) is 0 Å². The van der Waals surface area contributed by atoms with Crippen LogP contribution in [0.25, 0.3) is 0 Å². The van der Waals surface area contributed by atoms with Gasteiger partial charge in [0.25, 0.3) is 0 Å². The molecule has 0 bridgehead atoms. The second-order valence-electron chi connectivity index (χ2n) is 5.38. The molecule has 0 aliphatic heterocycles. The number of rotatable bonds is 3. The van der Waals surface area contributed by atoms with Crippen molar-refractivity contribution in [2.24, 2.45) is 0 Å². The monoisotopic (exact) mass is 289 g/mol. The number of halogens is 1. The molecule has 1 aliphatic rings. The van der Waals surface area contributed by atoms with E-state index in [1.165, 1.54) is 30.5 Å². The molecule has 1 aliphatic carbocycles. The molecule has 0 spiro atoms. The Bertz CT molecular complexity index is 591. The van der Waals surface area contributed by atoms with Gasteiger partial charge in [-0.1, -0.05) is 36.2 Å². The van der Waals surface area contributed by atoms with Crippen molar-refractivity contribution in [1.29, 1.82) is 0 Å². The normalized spacial score (nSPS) is 18.6. The van der Waals surface area contributed by atoms with Gasteiger partial charge >= 0.3 is 0 Å². The standard InChI is InChI=1S/C16H20ClN3/c1-18-15-8-4-5-9-16-13(15)10-19-20(16)11-12-6-2-3-7-14(12)17/h2-3,6-7,10,15,18H,4-5,8-9,11H2,1H3. The van der Waals surface area contributed by atoms with Crippen LogP contribution in [0.2, 0.25) is 5.02 Å². The molecule has 1 atom stereocenters. The minimum atomic E-state index is 0.437. The number of hydrogen-bond acceptors (Lipinski definition) is 2. The van der Waals surface area contributed by atoms with E-state index >= 15 is 0 Å². The van der Waals surface area contributed by atoms with Crippen molar-refractivity contribution in [2.75, 3.05) is 7.05 Å². The fraction of sp³-hybridized carbons (Fsp3) is 0.438. The number of benzene rings is 1. The molecule has 1 aromatic heterocycles. The van der Waals surface area contributed by atoms with Gasteiger partial charge in [0, 0.05) is 22.3 Å². The van der Waals surface area contributed by atoms with Crippen LogP contribution < -0.4 is 5.32 Å². The summed E-state index contributed by atoms with van der Waals surface area (Å²) in [6.45, 7) is 0.755. The molecule has 1 unspecified atom stereocenters. The van der Waals surface area contributed by atoms with E-state index in [0.717, 1.165) is 23.6 Å². The largest absolute Gasteiger partial charge is 0.313 e. The zero-order valence-electron chi connectivity index (χ0n) is 11.8. The van der Waals surface area contributed by atoms with E-state index in [-0.39, 0.29) is 0 Å². The minimum absolute atomic E-state index is 0.437. The highest BCUT2D eigenvalue weighted by molar-refractivity contribution is 6.31. The molecule has 0 fully saturated rings. The molecule has 2 aromatic rings. The average Bonchev–Trinajstić information content (AvgIpc) is 2.73. The summed E-state index contributed by atoms with van der Waals surface area (Å²) >= 11 is 6.26. The Morgan fingerprint density at radius 1 is 1.35 bits per heavy atom. The van der Waals surface area contributed by atoms with Crippen LogP contribution in [0.5, 0.6) is 0 Å². The predicted octanol–water partition coefficient (Wildman–Crippen LogP) is 3.57. The summed E-state index contributed by atoms with van der Waals surface area (Å²) in [7, 11) is 2.03. The van der Waals surface area contributed by atoms with Crippen LogP contribution in [0.1, 0.15) is 42.1 Å². The summed E-state index contributed by atoms with van der Waals surface area (Å²) < 4.78 is 2.12. The van der Waals surface area contributed by atoms with Gasteiger partial charge < -0.3 is 5.32 Å². The highest BCUT2D eigenvalue weighted by Gasteiger charge is 2.21. The summed E-state index contributed by atoms with van der Waals surface area (Å²) in [5.74, 6) is 0. The highest BCUT2D eigenvalue weighted by Crippen LogP contribution is 2.29. The topological polar surface area (TPSA) is 29.9 Å². The number of hydrogen-bond donors (Lipinski definition) is 1. The first kappa shape index (κ1) is 13.7. The van der Waals surface area contributed by atoms with Gasteiger partial charge in [0.2, 0.25) is 0 Å². The van der Waals surface area contributed by atoms with Crippen molar-refractivity contribution in [2.45, 2.75) is 38.3 Å². The summed E-state index contributed by atoms with van der Waals surface area (Å²) in [4.78, 5) is 0. The number of fused-ring (bicyclic) bond motifs is 1. The maximum atomic E-state index is 6.26. The third-order valence-corrected chi connectivity index (χ3v) is 4.51. The van der Waals surface area contributed by atoms with Crippen LogP contribution in [-0.2, 0) is 13.0 Å². The molecule has 0 saturated carbocycles. The van der Waals surface area contributed by atoms with Gasteiger partial charge in [-0.05, 0) is 37.9 Å². The van der Waals surface area contributed by atoms with Crippen molar-refractivity contribution < 1.29 is 0 Å². The molecule has 20 heavy (non-hydrogen) atoms. The fourth-order valence-corrected chi connectivity index (χ4v) is 3.21. The summed E-state index contributed by atoms with van der Waals surface area (Å²) in [6.07, 6.45) is 6.84. The van der Waals surface area contributed by atoms with Gasteiger partial charge in [0.05, 0.1) is 12.7 Å². The van der Waals surface area contributed by atoms with Crippen molar-refractivity contribution in [3.8, 4) is 0 Å². The van der Waals surface area contributed by atoms with Crippen LogP contribution in [0.4, 0.5) is 0 Å². The highest BCUT2D eigenvalue weighted by atomic mass is 35.5. The molecule has 1 heterocycles. The molecular weight excluding hydrogens is 270 g/mol.